The van der Waals surface area contributed by atoms with Crippen molar-refractivity contribution in [2.45, 2.75) is 38.8 Å². The lowest BCUT2D eigenvalue weighted by molar-refractivity contribution is -0.146. The van der Waals surface area contributed by atoms with Crippen LogP contribution in [0.5, 0.6) is 0 Å². The Morgan fingerprint density at radius 1 is 1.32 bits per heavy atom. The van der Waals surface area contributed by atoms with Crippen LogP contribution in [0.4, 0.5) is 0 Å². The Labute approximate surface area is 139 Å². The fourth-order valence-electron chi connectivity index (χ4n) is 2.04. The summed E-state index contributed by atoms with van der Waals surface area (Å²) in [5, 5.41) is 12.4. The van der Waals surface area contributed by atoms with Crippen molar-refractivity contribution < 1.29 is 19.4 Å². The summed E-state index contributed by atoms with van der Waals surface area (Å²) in [5.41, 5.74) is 0.872. The van der Waals surface area contributed by atoms with Crippen molar-refractivity contribution in [3.05, 3.63) is 34.3 Å². The second-order valence-electron chi connectivity index (χ2n) is 5.53. The van der Waals surface area contributed by atoms with Crippen molar-refractivity contribution in [1.82, 2.24) is 5.32 Å². The van der Waals surface area contributed by atoms with Gasteiger partial charge >= 0.3 is 5.97 Å². The van der Waals surface area contributed by atoms with Gasteiger partial charge < -0.3 is 15.2 Å². The van der Waals surface area contributed by atoms with E-state index in [1.165, 1.54) is 7.11 Å². The number of halogens is 1. The van der Waals surface area contributed by atoms with Gasteiger partial charge in [-0.25, -0.2) is 4.79 Å². The molecule has 1 rings (SSSR count). The van der Waals surface area contributed by atoms with Gasteiger partial charge in [-0.05, 0) is 24.0 Å². The first kappa shape index (κ1) is 18.6. The fourth-order valence-corrected chi connectivity index (χ4v) is 2.49. The van der Waals surface area contributed by atoms with Gasteiger partial charge in [-0.15, -0.1) is 0 Å². The molecule has 0 aliphatic carbocycles. The Bertz CT molecular complexity index is 519. The topological polar surface area (TPSA) is 75.6 Å². The monoisotopic (exact) mass is 371 g/mol. The second-order valence-corrected chi connectivity index (χ2v) is 6.38. The van der Waals surface area contributed by atoms with Gasteiger partial charge in [0.1, 0.15) is 12.1 Å². The lowest BCUT2D eigenvalue weighted by atomic mass is 10.0. The molecule has 0 aromatic heterocycles. The summed E-state index contributed by atoms with van der Waals surface area (Å²) in [6, 6.07) is 6.60. The predicted octanol–water partition coefficient (Wildman–Crippen LogP) is 2.06. The van der Waals surface area contributed by atoms with Crippen LogP contribution in [0.3, 0.4) is 0 Å². The van der Waals surface area contributed by atoms with E-state index in [0.717, 1.165) is 10.0 Å². The van der Waals surface area contributed by atoms with Crippen molar-refractivity contribution >= 4 is 27.8 Å². The lowest BCUT2D eigenvalue weighted by Gasteiger charge is -2.20. The molecule has 6 heteroatoms. The number of hydrogen-bond donors (Lipinski definition) is 2. The fraction of sp³-hybridized carbons (Fsp3) is 0.500. The number of rotatable bonds is 7. The molecule has 5 nitrogen and oxygen atoms in total. The molecule has 122 valence electrons. The third-order valence-electron chi connectivity index (χ3n) is 3.18. The molecule has 1 aromatic rings. The van der Waals surface area contributed by atoms with E-state index >= 15 is 0 Å². The summed E-state index contributed by atoms with van der Waals surface area (Å²) >= 11 is 3.41. The van der Waals surface area contributed by atoms with Gasteiger partial charge in [0, 0.05) is 10.9 Å². The zero-order valence-electron chi connectivity index (χ0n) is 13.0. The number of aliphatic hydroxyl groups is 1. The molecule has 0 saturated heterocycles. The van der Waals surface area contributed by atoms with Gasteiger partial charge in [0.05, 0.1) is 7.11 Å². The first-order valence-corrected chi connectivity index (χ1v) is 7.94. The van der Waals surface area contributed by atoms with Crippen molar-refractivity contribution in [1.29, 1.82) is 0 Å². The van der Waals surface area contributed by atoms with Crippen LogP contribution in [0.1, 0.15) is 25.8 Å². The SMILES string of the molecule is COC(=O)[C@@H](Cc1ccccc1Br)NC(=O)[C@H](O)CC(C)C. The van der Waals surface area contributed by atoms with Crippen LogP contribution in [0.25, 0.3) is 0 Å². The first-order chi connectivity index (χ1) is 10.3. The number of benzene rings is 1. The van der Waals surface area contributed by atoms with Crippen molar-refractivity contribution in [3.63, 3.8) is 0 Å². The minimum absolute atomic E-state index is 0.181. The van der Waals surface area contributed by atoms with Crippen LogP contribution in [-0.4, -0.2) is 36.2 Å². The van der Waals surface area contributed by atoms with E-state index in [4.69, 9.17) is 4.74 Å². The number of esters is 1. The van der Waals surface area contributed by atoms with E-state index in [1.54, 1.807) is 0 Å². The Hall–Kier alpha value is -1.40. The standard InChI is InChI=1S/C16H22BrNO4/c1-10(2)8-14(19)15(20)18-13(16(21)22-3)9-11-6-4-5-7-12(11)17/h4-7,10,13-14,19H,8-9H2,1-3H3,(H,18,20)/t13-,14-/m1/s1. The third-order valence-corrected chi connectivity index (χ3v) is 3.96. The van der Waals surface area contributed by atoms with Crippen LogP contribution in [-0.2, 0) is 20.7 Å². The highest BCUT2D eigenvalue weighted by molar-refractivity contribution is 9.10. The Balaban J connectivity index is 2.79. The molecule has 0 fully saturated rings. The number of aliphatic hydroxyl groups excluding tert-OH is 1. The van der Waals surface area contributed by atoms with Crippen molar-refractivity contribution in [3.8, 4) is 0 Å². The molecular weight excluding hydrogens is 350 g/mol. The zero-order chi connectivity index (χ0) is 16.7. The maximum atomic E-state index is 12.0. The van der Waals surface area contributed by atoms with Crippen molar-refractivity contribution in [2.24, 2.45) is 5.92 Å². The average Bonchev–Trinajstić information content (AvgIpc) is 2.47. The highest BCUT2D eigenvalue weighted by Crippen LogP contribution is 2.18. The van der Waals surface area contributed by atoms with Crippen LogP contribution in [0.15, 0.2) is 28.7 Å². The molecule has 0 spiro atoms. The summed E-state index contributed by atoms with van der Waals surface area (Å²) in [7, 11) is 1.27. The molecule has 1 amide bonds. The van der Waals surface area contributed by atoms with Gasteiger partial charge in [0.2, 0.25) is 5.91 Å². The zero-order valence-corrected chi connectivity index (χ0v) is 14.6. The van der Waals surface area contributed by atoms with Gasteiger partial charge in [0.25, 0.3) is 0 Å². The molecule has 0 heterocycles. The first-order valence-electron chi connectivity index (χ1n) is 7.14. The predicted molar refractivity (Wildman–Crippen MR) is 87.3 cm³/mol. The summed E-state index contributed by atoms with van der Waals surface area (Å²) in [5.74, 6) is -0.919. The summed E-state index contributed by atoms with van der Waals surface area (Å²) in [6.07, 6.45) is -0.505. The Morgan fingerprint density at radius 3 is 2.50 bits per heavy atom. The number of methoxy groups -OCH3 is 1. The van der Waals surface area contributed by atoms with Crippen LogP contribution < -0.4 is 5.32 Å². The van der Waals surface area contributed by atoms with E-state index in [0.29, 0.717) is 6.42 Å². The highest BCUT2D eigenvalue weighted by atomic mass is 79.9. The van der Waals surface area contributed by atoms with E-state index in [-0.39, 0.29) is 12.3 Å². The molecule has 0 bridgehead atoms. The number of ether oxygens (including phenoxy) is 1. The molecule has 2 N–H and O–H groups in total. The highest BCUT2D eigenvalue weighted by Gasteiger charge is 2.26. The molecular formula is C16H22BrNO4. The maximum Gasteiger partial charge on any atom is 0.328 e. The molecule has 2 atom stereocenters. The van der Waals surface area contributed by atoms with E-state index in [9.17, 15) is 14.7 Å². The smallest absolute Gasteiger partial charge is 0.328 e. The number of nitrogens with one attached hydrogen (secondary N) is 1. The molecule has 0 aliphatic heterocycles. The molecule has 1 aromatic carbocycles. The quantitative estimate of drug-likeness (QED) is 0.719. The average molecular weight is 372 g/mol. The summed E-state index contributed by atoms with van der Waals surface area (Å²) in [6.45, 7) is 3.82. The largest absolute Gasteiger partial charge is 0.467 e. The maximum absolute atomic E-state index is 12.0. The van der Waals surface area contributed by atoms with Crippen LogP contribution in [0.2, 0.25) is 0 Å². The molecule has 0 radical (unpaired) electrons. The summed E-state index contributed by atoms with van der Waals surface area (Å²) in [4.78, 5) is 23.9. The number of carbonyl (C=O) groups excluding carboxylic acids is 2. The number of hydrogen-bond acceptors (Lipinski definition) is 4. The normalized spacial score (nSPS) is 13.5. The van der Waals surface area contributed by atoms with Crippen LogP contribution in [0, 0.1) is 5.92 Å². The van der Waals surface area contributed by atoms with Gasteiger partial charge in [0.15, 0.2) is 0 Å². The minimum atomic E-state index is -1.13. The van der Waals surface area contributed by atoms with Gasteiger partial charge in [-0.2, -0.15) is 0 Å². The number of amides is 1. The Kier molecular flexibility index (Phi) is 7.55. The van der Waals surface area contributed by atoms with E-state index < -0.39 is 24.0 Å². The molecule has 0 saturated carbocycles. The summed E-state index contributed by atoms with van der Waals surface area (Å²) < 4.78 is 5.58. The lowest BCUT2D eigenvalue weighted by Crippen LogP contribution is -2.47. The van der Waals surface area contributed by atoms with E-state index in [1.807, 2.05) is 38.1 Å². The number of carbonyl (C=O) groups is 2. The van der Waals surface area contributed by atoms with Gasteiger partial charge in [-0.1, -0.05) is 48.0 Å². The Morgan fingerprint density at radius 2 is 1.95 bits per heavy atom. The molecule has 22 heavy (non-hydrogen) atoms. The molecule has 0 aliphatic rings. The van der Waals surface area contributed by atoms with Crippen molar-refractivity contribution in [2.75, 3.05) is 7.11 Å². The minimum Gasteiger partial charge on any atom is -0.467 e. The molecule has 0 unspecified atom stereocenters. The van der Waals surface area contributed by atoms with Gasteiger partial charge in [-0.3, -0.25) is 4.79 Å². The third kappa shape index (κ3) is 5.77. The van der Waals surface area contributed by atoms with Crippen LogP contribution >= 0.6 is 15.9 Å². The second kappa shape index (κ2) is 8.90. The van der Waals surface area contributed by atoms with E-state index in [2.05, 4.69) is 21.2 Å².